The lowest BCUT2D eigenvalue weighted by atomic mass is 9.83. The van der Waals surface area contributed by atoms with E-state index >= 15 is 0 Å². The third-order valence-electron chi connectivity index (χ3n) is 5.34. The predicted octanol–water partition coefficient (Wildman–Crippen LogP) is 4.81. The van der Waals surface area contributed by atoms with E-state index in [1.807, 2.05) is 39.0 Å². The van der Waals surface area contributed by atoms with E-state index in [1.54, 1.807) is 18.2 Å². The fraction of sp³-hybridized carbons (Fsp3) is 0.435. The fourth-order valence-electron chi connectivity index (χ4n) is 3.51. The highest BCUT2D eigenvalue weighted by Crippen LogP contribution is 2.39. The Labute approximate surface area is 172 Å². The van der Waals surface area contributed by atoms with Crippen LogP contribution in [0.1, 0.15) is 44.7 Å². The zero-order chi connectivity index (χ0) is 20.4. The van der Waals surface area contributed by atoms with Gasteiger partial charge >= 0.3 is 0 Å². The molecule has 1 amide bonds. The van der Waals surface area contributed by atoms with Crippen LogP contribution in [0.15, 0.2) is 48.5 Å². The summed E-state index contributed by atoms with van der Waals surface area (Å²) in [7, 11) is 0. The molecule has 0 radical (unpaired) electrons. The second-order valence-electron chi connectivity index (χ2n) is 8.69. The lowest BCUT2D eigenvalue weighted by Crippen LogP contribution is -2.42. The Bertz CT molecular complexity index is 822. The van der Waals surface area contributed by atoms with Crippen molar-refractivity contribution < 1.29 is 9.90 Å². The van der Waals surface area contributed by atoms with E-state index in [0.29, 0.717) is 29.1 Å². The zero-order valence-electron chi connectivity index (χ0n) is 16.8. The molecule has 1 aliphatic heterocycles. The van der Waals surface area contributed by atoms with Crippen LogP contribution in [0.4, 0.5) is 5.69 Å². The van der Waals surface area contributed by atoms with Crippen molar-refractivity contribution in [1.29, 1.82) is 0 Å². The number of anilines is 1. The summed E-state index contributed by atoms with van der Waals surface area (Å²) in [5.74, 6) is -0.0822. The number of likely N-dealkylation sites (tertiary alicyclic amines) is 1. The second kappa shape index (κ2) is 8.24. The monoisotopic (exact) mass is 400 g/mol. The molecular weight excluding hydrogens is 372 g/mol. The van der Waals surface area contributed by atoms with Gasteiger partial charge in [0.25, 0.3) is 0 Å². The Hall–Kier alpha value is -1.88. The minimum atomic E-state index is -1.00. The van der Waals surface area contributed by atoms with E-state index in [0.717, 1.165) is 19.6 Å². The second-order valence-corrected chi connectivity index (χ2v) is 9.12. The van der Waals surface area contributed by atoms with Crippen LogP contribution in [0.3, 0.4) is 0 Å². The summed E-state index contributed by atoms with van der Waals surface area (Å²) < 4.78 is 0. The van der Waals surface area contributed by atoms with Gasteiger partial charge in [-0.15, -0.1) is 0 Å². The SMILES string of the molecule is CC(C)(C)C(=O)Nc1ccc(Cl)cc1C1(O)CCN(Cc2ccccc2)CC1. The van der Waals surface area contributed by atoms with Gasteiger partial charge in [0.05, 0.1) is 5.60 Å². The Morgan fingerprint density at radius 3 is 2.39 bits per heavy atom. The first-order valence-corrected chi connectivity index (χ1v) is 10.2. The highest BCUT2D eigenvalue weighted by atomic mass is 35.5. The minimum absolute atomic E-state index is 0.0822. The van der Waals surface area contributed by atoms with Gasteiger partial charge in [-0.1, -0.05) is 62.7 Å². The number of halogens is 1. The van der Waals surface area contributed by atoms with Crippen LogP contribution in [0, 0.1) is 5.41 Å². The molecule has 2 N–H and O–H groups in total. The molecule has 0 saturated carbocycles. The van der Waals surface area contributed by atoms with Gasteiger partial charge in [0.2, 0.25) is 5.91 Å². The smallest absolute Gasteiger partial charge is 0.229 e. The van der Waals surface area contributed by atoms with Gasteiger partial charge in [0, 0.05) is 41.3 Å². The van der Waals surface area contributed by atoms with Crippen LogP contribution in [-0.4, -0.2) is 29.0 Å². The van der Waals surface area contributed by atoms with Crippen molar-refractivity contribution in [2.45, 2.75) is 45.8 Å². The number of piperidine rings is 1. The average Bonchev–Trinajstić information content (AvgIpc) is 2.65. The lowest BCUT2D eigenvalue weighted by Gasteiger charge is -2.39. The molecule has 1 aliphatic rings. The first kappa shape index (κ1) is 20.8. The number of hydrogen-bond donors (Lipinski definition) is 2. The van der Waals surface area contributed by atoms with Crippen molar-refractivity contribution in [2.24, 2.45) is 5.41 Å². The average molecular weight is 401 g/mol. The summed E-state index contributed by atoms with van der Waals surface area (Å²) in [4.78, 5) is 14.8. The van der Waals surface area contributed by atoms with Crippen molar-refractivity contribution in [3.63, 3.8) is 0 Å². The van der Waals surface area contributed by atoms with Gasteiger partial charge in [-0.2, -0.15) is 0 Å². The largest absolute Gasteiger partial charge is 0.385 e. The third kappa shape index (κ3) is 4.93. The number of amides is 1. The van der Waals surface area contributed by atoms with Crippen molar-refractivity contribution >= 4 is 23.2 Å². The van der Waals surface area contributed by atoms with Crippen molar-refractivity contribution in [2.75, 3.05) is 18.4 Å². The van der Waals surface area contributed by atoms with Gasteiger partial charge in [0.1, 0.15) is 0 Å². The molecule has 2 aromatic carbocycles. The Balaban J connectivity index is 1.76. The molecule has 3 rings (SSSR count). The Morgan fingerprint density at radius 2 is 1.79 bits per heavy atom. The number of carbonyl (C=O) groups is 1. The highest BCUT2D eigenvalue weighted by Gasteiger charge is 2.36. The molecule has 0 aliphatic carbocycles. The third-order valence-corrected chi connectivity index (χ3v) is 5.58. The van der Waals surface area contributed by atoms with Crippen LogP contribution in [0.25, 0.3) is 0 Å². The number of nitrogens with one attached hydrogen (secondary N) is 1. The van der Waals surface area contributed by atoms with Crippen molar-refractivity contribution in [3.8, 4) is 0 Å². The normalized spacial score (nSPS) is 17.3. The maximum Gasteiger partial charge on any atom is 0.229 e. The van der Waals surface area contributed by atoms with Crippen molar-refractivity contribution in [3.05, 3.63) is 64.7 Å². The number of carbonyl (C=O) groups excluding carboxylic acids is 1. The van der Waals surface area contributed by atoms with Gasteiger partial charge in [0.15, 0.2) is 0 Å². The standard InChI is InChI=1S/C23H29ClN2O2/c1-22(2,3)21(27)25-20-10-9-18(24)15-19(20)23(28)11-13-26(14-12-23)16-17-7-5-4-6-8-17/h4-10,15,28H,11-14,16H2,1-3H3,(H,25,27). The molecule has 1 fully saturated rings. The first-order chi connectivity index (χ1) is 13.2. The summed E-state index contributed by atoms with van der Waals surface area (Å²) in [6.45, 7) is 8.05. The van der Waals surface area contributed by atoms with E-state index in [9.17, 15) is 9.90 Å². The number of rotatable bonds is 4. The minimum Gasteiger partial charge on any atom is -0.385 e. The van der Waals surface area contributed by atoms with Gasteiger partial charge in [-0.25, -0.2) is 0 Å². The van der Waals surface area contributed by atoms with E-state index in [-0.39, 0.29) is 5.91 Å². The Kier molecular flexibility index (Phi) is 6.13. The summed E-state index contributed by atoms with van der Waals surface area (Å²) >= 11 is 6.23. The summed E-state index contributed by atoms with van der Waals surface area (Å²) in [6.07, 6.45) is 1.19. The molecule has 150 valence electrons. The highest BCUT2D eigenvalue weighted by molar-refractivity contribution is 6.30. The molecule has 5 heteroatoms. The molecule has 0 aromatic heterocycles. The van der Waals surface area contributed by atoms with E-state index < -0.39 is 11.0 Å². The summed E-state index contributed by atoms with van der Waals surface area (Å²) in [5.41, 5.74) is 1.10. The molecule has 1 heterocycles. The molecule has 0 atom stereocenters. The number of hydrogen-bond acceptors (Lipinski definition) is 3. The van der Waals surface area contributed by atoms with Crippen molar-refractivity contribution in [1.82, 2.24) is 4.90 Å². The van der Waals surface area contributed by atoms with Crippen LogP contribution in [-0.2, 0) is 16.9 Å². The molecule has 0 unspecified atom stereocenters. The van der Waals surface area contributed by atoms with Crippen LogP contribution in [0.2, 0.25) is 5.02 Å². The van der Waals surface area contributed by atoms with E-state index in [2.05, 4.69) is 22.3 Å². The van der Waals surface area contributed by atoms with Crippen LogP contribution < -0.4 is 5.32 Å². The van der Waals surface area contributed by atoms with Gasteiger partial charge in [-0.3, -0.25) is 9.69 Å². The maximum atomic E-state index is 12.5. The number of nitrogens with zero attached hydrogens (tertiary/aromatic N) is 1. The predicted molar refractivity (Wildman–Crippen MR) is 114 cm³/mol. The van der Waals surface area contributed by atoms with Gasteiger partial charge in [-0.05, 0) is 36.6 Å². The molecule has 0 spiro atoms. The molecule has 0 bridgehead atoms. The van der Waals surface area contributed by atoms with Crippen LogP contribution >= 0.6 is 11.6 Å². The molecule has 4 nitrogen and oxygen atoms in total. The van der Waals surface area contributed by atoms with E-state index in [1.165, 1.54) is 5.56 Å². The topological polar surface area (TPSA) is 52.6 Å². The Morgan fingerprint density at radius 1 is 1.14 bits per heavy atom. The van der Waals surface area contributed by atoms with Gasteiger partial charge < -0.3 is 10.4 Å². The molecular formula is C23H29ClN2O2. The summed E-state index contributed by atoms with van der Waals surface area (Å²) in [5, 5.41) is 15.0. The first-order valence-electron chi connectivity index (χ1n) is 9.77. The molecule has 28 heavy (non-hydrogen) atoms. The molecule has 1 saturated heterocycles. The maximum absolute atomic E-state index is 12.5. The summed E-state index contributed by atoms with van der Waals surface area (Å²) in [6, 6.07) is 15.7. The number of aliphatic hydroxyl groups is 1. The molecule has 2 aromatic rings. The quantitative estimate of drug-likeness (QED) is 0.774. The van der Waals surface area contributed by atoms with E-state index in [4.69, 9.17) is 11.6 Å². The zero-order valence-corrected chi connectivity index (χ0v) is 17.6. The fourth-order valence-corrected chi connectivity index (χ4v) is 3.68. The van der Waals surface area contributed by atoms with Crippen LogP contribution in [0.5, 0.6) is 0 Å². The number of benzene rings is 2. The lowest BCUT2D eigenvalue weighted by molar-refractivity contribution is -0.123.